The topological polar surface area (TPSA) is 63.0 Å². The first-order chi connectivity index (χ1) is 8.28. The number of furan rings is 1. The molecule has 2 N–H and O–H groups in total. The smallest absolute Gasteiger partial charge is 0.224 e. The zero-order valence-electron chi connectivity index (χ0n) is 9.97. The van der Waals surface area contributed by atoms with E-state index >= 15 is 0 Å². The first-order valence-electron chi connectivity index (χ1n) is 5.57. The van der Waals surface area contributed by atoms with E-state index in [-0.39, 0.29) is 6.04 Å². The molecule has 5 heteroatoms. The molecular weight excluding hydrogens is 216 g/mol. The summed E-state index contributed by atoms with van der Waals surface area (Å²) in [7, 11) is 1.80. The SMILES string of the molecule is CNc1nccc(NC(C)Cc2ccco2)n1. The minimum atomic E-state index is 0.251. The Morgan fingerprint density at radius 1 is 1.41 bits per heavy atom. The fraction of sp³-hybridized carbons (Fsp3) is 0.333. The minimum Gasteiger partial charge on any atom is -0.469 e. The maximum atomic E-state index is 5.30. The molecule has 0 saturated carbocycles. The van der Waals surface area contributed by atoms with Gasteiger partial charge in [0.25, 0.3) is 0 Å². The summed E-state index contributed by atoms with van der Waals surface area (Å²) in [6.45, 7) is 2.09. The molecule has 90 valence electrons. The van der Waals surface area contributed by atoms with E-state index < -0.39 is 0 Å². The summed E-state index contributed by atoms with van der Waals surface area (Å²) < 4.78 is 5.30. The molecule has 2 rings (SSSR count). The standard InChI is InChI=1S/C12H16N4O/c1-9(8-10-4-3-7-17-10)15-11-5-6-14-12(13-2)16-11/h3-7,9H,8H2,1-2H3,(H2,13,14,15,16). The molecule has 2 heterocycles. The van der Waals surface area contributed by atoms with Crippen molar-refractivity contribution in [2.45, 2.75) is 19.4 Å². The Hall–Kier alpha value is -2.04. The van der Waals surface area contributed by atoms with Crippen LogP contribution in [0.5, 0.6) is 0 Å². The maximum absolute atomic E-state index is 5.30. The van der Waals surface area contributed by atoms with Crippen LogP contribution in [-0.4, -0.2) is 23.1 Å². The van der Waals surface area contributed by atoms with Crippen molar-refractivity contribution in [2.24, 2.45) is 0 Å². The maximum Gasteiger partial charge on any atom is 0.224 e. The Morgan fingerprint density at radius 2 is 2.29 bits per heavy atom. The lowest BCUT2D eigenvalue weighted by Crippen LogP contribution is -2.18. The first-order valence-corrected chi connectivity index (χ1v) is 5.57. The minimum absolute atomic E-state index is 0.251. The van der Waals surface area contributed by atoms with Crippen molar-refractivity contribution in [3.05, 3.63) is 36.4 Å². The van der Waals surface area contributed by atoms with Gasteiger partial charge in [-0.15, -0.1) is 0 Å². The van der Waals surface area contributed by atoms with Gasteiger partial charge in [0.05, 0.1) is 6.26 Å². The summed E-state index contributed by atoms with van der Waals surface area (Å²) in [5, 5.41) is 6.21. The van der Waals surface area contributed by atoms with Crippen LogP contribution in [0.25, 0.3) is 0 Å². The van der Waals surface area contributed by atoms with Crippen LogP contribution in [0.2, 0.25) is 0 Å². The molecule has 0 aliphatic rings. The zero-order valence-corrected chi connectivity index (χ0v) is 9.97. The number of nitrogens with one attached hydrogen (secondary N) is 2. The van der Waals surface area contributed by atoms with E-state index in [9.17, 15) is 0 Å². The fourth-order valence-electron chi connectivity index (χ4n) is 1.59. The van der Waals surface area contributed by atoms with E-state index in [1.54, 1.807) is 19.5 Å². The van der Waals surface area contributed by atoms with Crippen molar-refractivity contribution in [1.29, 1.82) is 0 Å². The molecule has 0 aliphatic carbocycles. The Labute approximate surface area is 100 Å². The van der Waals surface area contributed by atoms with Crippen LogP contribution in [0, 0.1) is 0 Å². The van der Waals surface area contributed by atoms with E-state index in [2.05, 4.69) is 27.5 Å². The predicted octanol–water partition coefficient (Wildman–Crippen LogP) is 2.15. The van der Waals surface area contributed by atoms with Gasteiger partial charge in [-0.05, 0) is 25.1 Å². The lowest BCUT2D eigenvalue weighted by atomic mass is 10.2. The fourth-order valence-corrected chi connectivity index (χ4v) is 1.59. The molecule has 17 heavy (non-hydrogen) atoms. The molecule has 1 atom stereocenters. The lowest BCUT2D eigenvalue weighted by Gasteiger charge is -2.13. The average Bonchev–Trinajstić information content (AvgIpc) is 2.82. The van der Waals surface area contributed by atoms with E-state index in [1.165, 1.54) is 0 Å². The van der Waals surface area contributed by atoms with Gasteiger partial charge in [-0.3, -0.25) is 0 Å². The predicted molar refractivity (Wildman–Crippen MR) is 67.1 cm³/mol. The molecule has 5 nitrogen and oxygen atoms in total. The number of rotatable bonds is 5. The zero-order chi connectivity index (χ0) is 12.1. The molecule has 0 amide bonds. The van der Waals surface area contributed by atoms with Crippen molar-refractivity contribution in [3.8, 4) is 0 Å². The van der Waals surface area contributed by atoms with Gasteiger partial charge in [0.15, 0.2) is 0 Å². The first kappa shape index (κ1) is 11.4. The van der Waals surface area contributed by atoms with Crippen LogP contribution in [0.3, 0.4) is 0 Å². The summed E-state index contributed by atoms with van der Waals surface area (Å²) in [5.41, 5.74) is 0. The van der Waals surface area contributed by atoms with E-state index in [4.69, 9.17) is 4.42 Å². The molecule has 2 aromatic heterocycles. The van der Waals surface area contributed by atoms with Gasteiger partial charge >= 0.3 is 0 Å². The number of aromatic nitrogens is 2. The van der Waals surface area contributed by atoms with Crippen molar-refractivity contribution < 1.29 is 4.42 Å². The van der Waals surface area contributed by atoms with Crippen molar-refractivity contribution in [3.63, 3.8) is 0 Å². The molecular formula is C12H16N4O. The van der Waals surface area contributed by atoms with Gasteiger partial charge < -0.3 is 15.1 Å². The van der Waals surface area contributed by atoms with Crippen LogP contribution in [-0.2, 0) is 6.42 Å². The van der Waals surface area contributed by atoms with Crippen molar-refractivity contribution in [1.82, 2.24) is 9.97 Å². The quantitative estimate of drug-likeness (QED) is 0.827. The third-order valence-corrected chi connectivity index (χ3v) is 2.36. The molecule has 0 fully saturated rings. The molecule has 2 aromatic rings. The van der Waals surface area contributed by atoms with Gasteiger partial charge in [0.2, 0.25) is 5.95 Å². The van der Waals surface area contributed by atoms with Gasteiger partial charge in [-0.25, -0.2) is 4.98 Å². The molecule has 0 radical (unpaired) electrons. The highest BCUT2D eigenvalue weighted by Crippen LogP contribution is 2.10. The van der Waals surface area contributed by atoms with E-state index in [1.807, 2.05) is 18.2 Å². The van der Waals surface area contributed by atoms with Gasteiger partial charge in [0, 0.05) is 25.7 Å². The number of hydrogen-bond acceptors (Lipinski definition) is 5. The van der Waals surface area contributed by atoms with E-state index in [0.717, 1.165) is 18.0 Å². The molecule has 0 aliphatic heterocycles. The molecule has 0 spiro atoms. The number of anilines is 2. The highest BCUT2D eigenvalue weighted by Gasteiger charge is 2.06. The Bertz CT molecular complexity index is 455. The normalized spacial score (nSPS) is 12.1. The summed E-state index contributed by atoms with van der Waals surface area (Å²) in [6.07, 6.45) is 4.23. The Morgan fingerprint density at radius 3 is 3.00 bits per heavy atom. The number of nitrogens with zero attached hydrogens (tertiary/aromatic N) is 2. The van der Waals surface area contributed by atoms with Crippen LogP contribution >= 0.6 is 0 Å². The summed E-state index contributed by atoms with van der Waals surface area (Å²) in [5.74, 6) is 2.39. The van der Waals surface area contributed by atoms with Crippen LogP contribution in [0.15, 0.2) is 35.1 Å². The monoisotopic (exact) mass is 232 g/mol. The average molecular weight is 232 g/mol. The highest BCUT2D eigenvalue weighted by atomic mass is 16.3. The van der Waals surface area contributed by atoms with Gasteiger partial charge in [-0.2, -0.15) is 4.98 Å². The van der Waals surface area contributed by atoms with Gasteiger partial charge in [0.1, 0.15) is 11.6 Å². The molecule has 0 saturated heterocycles. The summed E-state index contributed by atoms with van der Waals surface area (Å²) >= 11 is 0. The largest absolute Gasteiger partial charge is 0.469 e. The van der Waals surface area contributed by atoms with E-state index in [0.29, 0.717) is 5.95 Å². The van der Waals surface area contributed by atoms with Crippen LogP contribution in [0.4, 0.5) is 11.8 Å². The second-order valence-corrected chi connectivity index (χ2v) is 3.84. The summed E-state index contributed by atoms with van der Waals surface area (Å²) in [6, 6.07) is 5.96. The Balaban J connectivity index is 1.95. The molecule has 1 unspecified atom stereocenters. The van der Waals surface area contributed by atoms with Crippen molar-refractivity contribution >= 4 is 11.8 Å². The summed E-state index contributed by atoms with van der Waals surface area (Å²) in [4.78, 5) is 8.36. The lowest BCUT2D eigenvalue weighted by molar-refractivity contribution is 0.497. The van der Waals surface area contributed by atoms with Crippen LogP contribution in [0.1, 0.15) is 12.7 Å². The molecule has 0 bridgehead atoms. The third kappa shape index (κ3) is 3.21. The second-order valence-electron chi connectivity index (χ2n) is 3.84. The van der Waals surface area contributed by atoms with Crippen LogP contribution < -0.4 is 10.6 Å². The van der Waals surface area contributed by atoms with Gasteiger partial charge in [-0.1, -0.05) is 0 Å². The molecule has 0 aromatic carbocycles. The Kier molecular flexibility index (Phi) is 3.59. The second kappa shape index (κ2) is 5.34. The third-order valence-electron chi connectivity index (χ3n) is 2.36. The van der Waals surface area contributed by atoms with Crippen molar-refractivity contribution in [2.75, 3.05) is 17.7 Å². The number of hydrogen-bond donors (Lipinski definition) is 2. The highest BCUT2D eigenvalue weighted by molar-refractivity contribution is 5.40.